The smallest absolute Gasteiger partial charge is 0.165 e. The van der Waals surface area contributed by atoms with Gasteiger partial charge < -0.3 is 0 Å². The standard InChI is InChI=1S/C12H27ClN/c1-4-7-10-14(13,11-8-5-2)12-9-6-3/h4-12H2,1-3H3/q+1. The summed E-state index contributed by atoms with van der Waals surface area (Å²) in [6, 6.07) is 0. The summed E-state index contributed by atoms with van der Waals surface area (Å²) in [4.78, 5) is 0. The first kappa shape index (κ1) is 14.2. The summed E-state index contributed by atoms with van der Waals surface area (Å²) in [6.45, 7) is 10.2. The van der Waals surface area contributed by atoms with E-state index < -0.39 is 0 Å². The molecule has 1 nitrogen and oxygen atoms in total. The largest absolute Gasteiger partial charge is 0.222 e. The van der Waals surface area contributed by atoms with Crippen molar-refractivity contribution in [2.75, 3.05) is 19.6 Å². The molecule has 14 heavy (non-hydrogen) atoms. The molecule has 0 amide bonds. The van der Waals surface area contributed by atoms with Crippen molar-refractivity contribution in [1.82, 2.24) is 0 Å². The van der Waals surface area contributed by atoms with Crippen LogP contribution in [0.4, 0.5) is 0 Å². The summed E-state index contributed by atoms with van der Waals surface area (Å²) in [5.41, 5.74) is 0. The molecule has 86 valence electrons. The van der Waals surface area contributed by atoms with Gasteiger partial charge in [-0.05, 0) is 19.3 Å². The second-order valence-corrected chi connectivity index (χ2v) is 4.98. The van der Waals surface area contributed by atoms with Crippen LogP contribution in [0.1, 0.15) is 59.3 Å². The minimum Gasteiger partial charge on any atom is -0.222 e. The van der Waals surface area contributed by atoms with Crippen LogP contribution in [0.25, 0.3) is 0 Å². The van der Waals surface area contributed by atoms with Crippen LogP contribution in [0.5, 0.6) is 0 Å². The number of hydrogen-bond donors (Lipinski definition) is 0. The fourth-order valence-corrected chi connectivity index (χ4v) is 2.02. The monoisotopic (exact) mass is 220 g/mol. The van der Waals surface area contributed by atoms with Gasteiger partial charge >= 0.3 is 0 Å². The number of rotatable bonds is 9. The normalized spacial score (nSPS) is 12.0. The molecule has 0 aliphatic rings. The van der Waals surface area contributed by atoms with E-state index in [0.29, 0.717) is 0 Å². The molecule has 0 unspecified atom stereocenters. The van der Waals surface area contributed by atoms with Gasteiger partial charge in [-0.25, -0.2) is 4.00 Å². The zero-order valence-electron chi connectivity index (χ0n) is 10.2. The SMILES string of the molecule is CCCC[N+](Cl)(CCCC)CCCC. The third-order valence-electron chi connectivity index (χ3n) is 2.74. The van der Waals surface area contributed by atoms with E-state index in [2.05, 4.69) is 20.8 Å². The first-order valence-corrected chi connectivity index (χ1v) is 6.58. The Morgan fingerprint density at radius 2 is 1.00 bits per heavy atom. The van der Waals surface area contributed by atoms with E-state index in [-0.39, 0.29) is 0 Å². The van der Waals surface area contributed by atoms with Crippen LogP contribution in [0.15, 0.2) is 0 Å². The van der Waals surface area contributed by atoms with E-state index >= 15 is 0 Å². The predicted molar refractivity (Wildman–Crippen MR) is 65.4 cm³/mol. The molecule has 0 saturated carbocycles. The Morgan fingerprint density at radius 3 is 1.21 bits per heavy atom. The summed E-state index contributed by atoms with van der Waals surface area (Å²) in [6.07, 6.45) is 7.55. The van der Waals surface area contributed by atoms with Crippen LogP contribution in [-0.4, -0.2) is 23.6 Å². The topological polar surface area (TPSA) is 0 Å². The summed E-state index contributed by atoms with van der Waals surface area (Å²) in [7, 11) is 0. The van der Waals surface area contributed by atoms with E-state index in [0.717, 1.165) is 23.6 Å². The summed E-state index contributed by atoms with van der Waals surface area (Å²) < 4.78 is 0.787. The third kappa shape index (κ3) is 6.67. The second kappa shape index (κ2) is 8.55. The van der Waals surface area contributed by atoms with Crippen LogP contribution in [0.3, 0.4) is 0 Å². The highest BCUT2D eigenvalue weighted by Crippen LogP contribution is 2.17. The highest BCUT2D eigenvalue weighted by atomic mass is 35.5. The average molecular weight is 221 g/mol. The fraction of sp³-hybridized carbons (Fsp3) is 1.00. The second-order valence-electron chi connectivity index (χ2n) is 4.26. The lowest BCUT2D eigenvalue weighted by molar-refractivity contribution is -0.816. The third-order valence-corrected chi connectivity index (χ3v) is 3.24. The first-order valence-electron chi connectivity index (χ1n) is 6.24. The minimum atomic E-state index is 0.787. The van der Waals surface area contributed by atoms with Crippen molar-refractivity contribution in [3.63, 3.8) is 0 Å². The molecule has 0 aromatic rings. The summed E-state index contributed by atoms with van der Waals surface area (Å²) in [5, 5.41) is 0. The number of halogens is 1. The van der Waals surface area contributed by atoms with Crippen molar-refractivity contribution < 1.29 is 4.00 Å². The van der Waals surface area contributed by atoms with E-state index in [1.807, 2.05) is 0 Å². The lowest BCUT2D eigenvalue weighted by Crippen LogP contribution is -2.40. The summed E-state index contributed by atoms with van der Waals surface area (Å²) in [5.74, 6) is 0. The predicted octanol–water partition coefficient (Wildman–Crippen LogP) is 4.36. The van der Waals surface area contributed by atoms with Gasteiger partial charge in [0.25, 0.3) is 0 Å². The molecule has 0 N–H and O–H groups in total. The molecule has 0 radical (unpaired) electrons. The quantitative estimate of drug-likeness (QED) is 0.507. The van der Waals surface area contributed by atoms with Gasteiger partial charge in [0.1, 0.15) is 0 Å². The molecule has 2 heteroatoms. The Kier molecular flexibility index (Phi) is 8.70. The van der Waals surface area contributed by atoms with Crippen LogP contribution in [0, 0.1) is 0 Å². The Bertz CT molecular complexity index is 104. The molecule has 0 aromatic heterocycles. The molecular weight excluding hydrogens is 194 g/mol. The van der Waals surface area contributed by atoms with Gasteiger partial charge in [0, 0.05) is 0 Å². The van der Waals surface area contributed by atoms with Gasteiger partial charge in [-0.15, -0.1) is 0 Å². The molecule has 0 bridgehead atoms. The Morgan fingerprint density at radius 1 is 0.714 bits per heavy atom. The Balaban J connectivity index is 3.89. The van der Waals surface area contributed by atoms with Crippen molar-refractivity contribution in [2.24, 2.45) is 0 Å². The Labute approximate surface area is 95.1 Å². The fourth-order valence-electron chi connectivity index (χ4n) is 1.66. The average Bonchev–Trinajstić information content (AvgIpc) is 2.21. The van der Waals surface area contributed by atoms with Gasteiger partial charge in [-0.3, -0.25) is 0 Å². The van der Waals surface area contributed by atoms with Gasteiger partial charge in [0.05, 0.1) is 19.6 Å². The van der Waals surface area contributed by atoms with Gasteiger partial charge in [-0.2, -0.15) is 0 Å². The van der Waals surface area contributed by atoms with E-state index in [9.17, 15) is 0 Å². The minimum absolute atomic E-state index is 0.787. The van der Waals surface area contributed by atoms with Crippen molar-refractivity contribution in [3.8, 4) is 0 Å². The molecule has 0 spiro atoms. The van der Waals surface area contributed by atoms with E-state index in [1.165, 1.54) is 38.5 Å². The van der Waals surface area contributed by atoms with Crippen molar-refractivity contribution in [2.45, 2.75) is 59.3 Å². The Hall–Kier alpha value is 0.250. The van der Waals surface area contributed by atoms with E-state index in [1.54, 1.807) is 0 Å². The zero-order valence-corrected chi connectivity index (χ0v) is 10.9. The highest BCUT2D eigenvalue weighted by molar-refractivity contribution is 6.06. The van der Waals surface area contributed by atoms with E-state index in [4.69, 9.17) is 11.8 Å². The molecule has 0 fully saturated rings. The molecule has 0 atom stereocenters. The molecule has 0 saturated heterocycles. The van der Waals surface area contributed by atoms with Crippen LogP contribution < -0.4 is 0 Å². The number of hydrogen-bond acceptors (Lipinski definition) is 0. The van der Waals surface area contributed by atoms with Gasteiger partial charge in [-0.1, -0.05) is 40.0 Å². The van der Waals surface area contributed by atoms with Crippen molar-refractivity contribution >= 4 is 11.8 Å². The molecular formula is C12H27ClN+. The lowest BCUT2D eigenvalue weighted by atomic mass is 10.2. The first-order chi connectivity index (χ1) is 6.68. The van der Waals surface area contributed by atoms with Crippen molar-refractivity contribution in [1.29, 1.82) is 0 Å². The van der Waals surface area contributed by atoms with Gasteiger partial charge in [0.15, 0.2) is 11.8 Å². The maximum absolute atomic E-state index is 6.61. The molecule has 0 rings (SSSR count). The summed E-state index contributed by atoms with van der Waals surface area (Å²) >= 11 is 6.61. The van der Waals surface area contributed by atoms with Gasteiger partial charge in [0.2, 0.25) is 0 Å². The lowest BCUT2D eigenvalue weighted by Gasteiger charge is -2.29. The van der Waals surface area contributed by atoms with Crippen LogP contribution >= 0.6 is 11.8 Å². The number of nitrogens with zero attached hydrogens (tertiary/aromatic N) is 1. The zero-order chi connectivity index (χ0) is 10.9. The van der Waals surface area contributed by atoms with Crippen molar-refractivity contribution in [3.05, 3.63) is 0 Å². The molecule has 0 aliphatic heterocycles. The molecule has 0 aliphatic carbocycles. The maximum atomic E-state index is 6.61. The highest BCUT2D eigenvalue weighted by Gasteiger charge is 2.23. The maximum Gasteiger partial charge on any atom is 0.165 e. The molecule has 0 heterocycles. The van der Waals surface area contributed by atoms with Crippen LogP contribution in [0.2, 0.25) is 0 Å². The number of quaternary nitrogens is 1. The molecule has 0 aromatic carbocycles. The number of unbranched alkanes of at least 4 members (excludes halogenated alkanes) is 3. The van der Waals surface area contributed by atoms with Crippen LogP contribution in [-0.2, 0) is 0 Å².